The van der Waals surface area contributed by atoms with Crippen molar-refractivity contribution in [3.63, 3.8) is 0 Å². The topological polar surface area (TPSA) is 44.1 Å². The molecule has 0 saturated carbocycles. The molecule has 3 nitrogen and oxygen atoms in total. The van der Waals surface area contributed by atoms with Crippen LogP contribution in [0.25, 0.3) is 0 Å². The molecule has 1 aromatic carbocycles. The van der Waals surface area contributed by atoms with Gasteiger partial charge in [0.05, 0.1) is 19.0 Å². The van der Waals surface area contributed by atoms with Gasteiger partial charge in [-0.25, -0.2) is 4.39 Å². The third-order valence-corrected chi connectivity index (χ3v) is 2.90. The second-order valence-corrected chi connectivity index (χ2v) is 4.17. The molecule has 0 bridgehead atoms. The van der Waals surface area contributed by atoms with Crippen LogP contribution < -0.4 is 0 Å². The van der Waals surface area contributed by atoms with Crippen molar-refractivity contribution in [2.45, 2.75) is 19.0 Å². The van der Waals surface area contributed by atoms with Crippen LogP contribution in [-0.2, 0) is 6.42 Å². The maximum atomic E-state index is 13.0. The fourth-order valence-corrected chi connectivity index (χ4v) is 1.94. The maximum absolute atomic E-state index is 13.0. The van der Waals surface area contributed by atoms with Gasteiger partial charge in [-0.3, -0.25) is 4.79 Å². The van der Waals surface area contributed by atoms with Crippen LogP contribution in [-0.4, -0.2) is 30.1 Å². The van der Waals surface area contributed by atoms with Crippen molar-refractivity contribution in [1.29, 1.82) is 5.26 Å². The van der Waals surface area contributed by atoms with E-state index in [1.165, 1.54) is 4.90 Å². The first-order chi connectivity index (χ1) is 8.20. The van der Waals surface area contributed by atoms with Gasteiger partial charge in [-0.05, 0) is 24.1 Å². The molecule has 1 fully saturated rings. The minimum atomic E-state index is -0.892. The van der Waals surface area contributed by atoms with E-state index in [1.54, 1.807) is 24.3 Å². The SMILES string of the molecule is N#CCc1ccc(C(=O)N2CC[C@@H](F)C2)cc1. The number of nitrogens with zero attached hydrogens (tertiary/aromatic N) is 2. The first-order valence-corrected chi connectivity index (χ1v) is 5.60. The highest BCUT2D eigenvalue weighted by Gasteiger charge is 2.26. The van der Waals surface area contributed by atoms with Crippen molar-refractivity contribution in [1.82, 2.24) is 4.90 Å². The fourth-order valence-electron chi connectivity index (χ4n) is 1.94. The van der Waals surface area contributed by atoms with E-state index < -0.39 is 6.17 Å². The van der Waals surface area contributed by atoms with Crippen molar-refractivity contribution in [2.75, 3.05) is 13.1 Å². The molecular formula is C13H13FN2O. The predicted molar refractivity (Wildman–Crippen MR) is 61.2 cm³/mol. The summed E-state index contributed by atoms with van der Waals surface area (Å²) < 4.78 is 13.0. The van der Waals surface area contributed by atoms with Crippen LogP contribution >= 0.6 is 0 Å². The first-order valence-electron chi connectivity index (χ1n) is 5.60. The number of alkyl halides is 1. The third kappa shape index (κ3) is 2.62. The lowest BCUT2D eigenvalue weighted by molar-refractivity contribution is 0.0783. The molecule has 2 rings (SSSR count). The normalized spacial score (nSPS) is 19.1. The van der Waals surface area contributed by atoms with Gasteiger partial charge in [0.2, 0.25) is 0 Å². The van der Waals surface area contributed by atoms with E-state index in [2.05, 4.69) is 0 Å². The predicted octanol–water partition coefficient (Wildman–Crippen LogP) is 1.94. The Morgan fingerprint density at radius 2 is 2.18 bits per heavy atom. The molecule has 88 valence electrons. The highest BCUT2D eigenvalue weighted by atomic mass is 19.1. The molecule has 4 heteroatoms. The molecule has 1 aromatic rings. The van der Waals surface area contributed by atoms with Gasteiger partial charge < -0.3 is 4.90 Å². The van der Waals surface area contributed by atoms with E-state index in [1.807, 2.05) is 6.07 Å². The summed E-state index contributed by atoms with van der Waals surface area (Å²) in [6.45, 7) is 0.679. The quantitative estimate of drug-likeness (QED) is 0.782. The summed E-state index contributed by atoms with van der Waals surface area (Å²) >= 11 is 0. The number of halogens is 1. The Morgan fingerprint density at radius 3 is 2.71 bits per heavy atom. The maximum Gasteiger partial charge on any atom is 0.253 e. The minimum Gasteiger partial charge on any atom is -0.336 e. The molecule has 0 aromatic heterocycles. The smallest absolute Gasteiger partial charge is 0.253 e. The summed E-state index contributed by atoms with van der Waals surface area (Å²) in [6.07, 6.45) is -0.125. The lowest BCUT2D eigenvalue weighted by atomic mass is 10.1. The molecule has 1 aliphatic rings. The number of amides is 1. The number of nitriles is 1. The standard InChI is InChI=1S/C13H13FN2O/c14-12-6-8-16(9-12)13(17)11-3-1-10(2-4-11)5-7-15/h1-4,12H,5-6,8-9H2/t12-/m1/s1. The van der Waals surface area contributed by atoms with E-state index in [0.29, 0.717) is 24.9 Å². The highest BCUT2D eigenvalue weighted by Crippen LogP contribution is 2.16. The Kier molecular flexibility index (Phi) is 3.38. The summed E-state index contributed by atoms with van der Waals surface area (Å²) in [5, 5.41) is 8.53. The number of benzene rings is 1. The molecular weight excluding hydrogens is 219 g/mol. The van der Waals surface area contributed by atoms with Crippen LogP contribution in [0.5, 0.6) is 0 Å². The zero-order chi connectivity index (χ0) is 12.3. The zero-order valence-corrected chi connectivity index (χ0v) is 9.40. The van der Waals surface area contributed by atoms with Crippen LogP contribution in [0.3, 0.4) is 0 Å². The number of rotatable bonds is 2. The summed E-state index contributed by atoms with van der Waals surface area (Å²) in [7, 11) is 0. The van der Waals surface area contributed by atoms with Gasteiger partial charge in [0.1, 0.15) is 6.17 Å². The average Bonchev–Trinajstić information content (AvgIpc) is 2.76. The summed E-state index contributed by atoms with van der Waals surface area (Å²) in [4.78, 5) is 13.5. The van der Waals surface area contributed by atoms with Gasteiger partial charge in [-0.1, -0.05) is 12.1 Å². The second-order valence-electron chi connectivity index (χ2n) is 4.17. The van der Waals surface area contributed by atoms with Gasteiger partial charge in [0, 0.05) is 12.1 Å². The molecule has 1 heterocycles. The molecule has 1 atom stereocenters. The van der Waals surface area contributed by atoms with E-state index in [9.17, 15) is 9.18 Å². The van der Waals surface area contributed by atoms with Crippen LogP contribution in [0.15, 0.2) is 24.3 Å². The summed E-state index contributed by atoms with van der Waals surface area (Å²) in [6, 6.07) is 8.97. The van der Waals surface area contributed by atoms with Crippen LogP contribution in [0.4, 0.5) is 4.39 Å². The Labute approximate surface area is 99.5 Å². The molecule has 0 unspecified atom stereocenters. The van der Waals surface area contributed by atoms with Crippen molar-refractivity contribution in [3.05, 3.63) is 35.4 Å². The van der Waals surface area contributed by atoms with Crippen molar-refractivity contribution in [3.8, 4) is 6.07 Å². The Balaban J connectivity index is 2.07. The summed E-state index contributed by atoms with van der Waals surface area (Å²) in [5.74, 6) is -0.131. The third-order valence-electron chi connectivity index (χ3n) is 2.90. The molecule has 0 aliphatic carbocycles. The monoisotopic (exact) mass is 232 g/mol. The molecule has 1 aliphatic heterocycles. The van der Waals surface area contributed by atoms with Crippen molar-refractivity contribution < 1.29 is 9.18 Å². The van der Waals surface area contributed by atoms with Crippen LogP contribution in [0.1, 0.15) is 22.3 Å². The molecule has 17 heavy (non-hydrogen) atoms. The van der Waals surface area contributed by atoms with E-state index in [4.69, 9.17) is 5.26 Å². The fraction of sp³-hybridized carbons (Fsp3) is 0.385. The number of carbonyl (C=O) groups excluding carboxylic acids is 1. The van der Waals surface area contributed by atoms with Gasteiger partial charge in [0.25, 0.3) is 5.91 Å². The van der Waals surface area contributed by atoms with Gasteiger partial charge in [-0.15, -0.1) is 0 Å². The van der Waals surface area contributed by atoms with Crippen LogP contribution in [0.2, 0.25) is 0 Å². The zero-order valence-electron chi connectivity index (χ0n) is 9.40. The lowest BCUT2D eigenvalue weighted by Gasteiger charge is -2.15. The molecule has 0 N–H and O–H groups in total. The molecule has 1 saturated heterocycles. The molecule has 0 radical (unpaired) electrons. The Bertz CT molecular complexity index is 449. The number of hydrogen-bond donors (Lipinski definition) is 0. The van der Waals surface area contributed by atoms with Gasteiger partial charge in [0.15, 0.2) is 0 Å². The highest BCUT2D eigenvalue weighted by molar-refractivity contribution is 5.94. The number of hydrogen-bond acceptors (Lipinski definition) is 2. The van der Waals surface area contributed by atoms with E-state index >= 15 is 0 Å². The average molecular weight is 232 g/mol. The Hall–Kier alpha value is -1.89. The van der Waals surface area contributed by atoms with Crippen LogP contribution in [0, 0.1) is 11.3 Å². The lowest BCUT2D eigenvalue weighted by Crippen LogP contribution is -2.28. The second kappa shape index (κ2) is 4.96. The minimum absolute atomic E-state index is 0.131. The Morgan fingerprint density at radius 1 is 1.47 bits per heavy atom. The number of carbonyl (C=O) groups is 1. The summed E-state index contributed by atoms with van der Waals surface area (Å²) in [5.41, 5.74) is 1.44. The van der Waals surface area contributed by atoms with E-state index in [-0.39, 0.29) is 12.5 Å². The molecule has 0 spiro atoms. The van der Waals surface area contributed by atoms with Crippen molar-refractivity contribution in [2.24, 2.45) is 0 Å². The van der Waals surface area contributed by atoms with Gasteiger partial charge in [-0.2, -0.15) is 5.26 Å². The number of likely N-dealkylation sites (tertiary alicyclic amines) is 1. The molecule has 1 amide bonds. The van der Waals surface area contributed by atoms with E-state index in [0.717, 1.165) is 5.56 Å². The van der Waals surface area contributed by atoms with Crippen molar-refractivity contribution >= 4 is 5.91 Å². The van der Waals surface area contributed by atoms with Gasteiger partial charge >= 0.3 is 0 Å². The first kappa shape index (κ1) is 11.6. The largest absolute Gasteiger partial charge is 0.336 e.